The summed E-state index contributed by atoms with van der Waals surface area (Å²) in [5.74, 6) is -0.910. The number of rotatable bonds is 7. The van der Waals surface area contributed by atoms with Crippen LogP contribution in [0, 0.1) is 0 Å². The van der Waals surface area contributed by atoms with Crippen molar-refractivity contribution in [3.05, 3.63) is 35.4 Å². The van der Waals surface area contributed by atoms with Gasteiger partial charge in [-0.25, -0.2) is 9.59 Å². The largest absolute Gasteiger partial charge is 0.338 e. The van der Waals surface area contributed by atoms with Crippen molar-refractivity contribution in [3.63, 3.8) is 0 Å². The molecule has 1 aromatic carbocycles. The van der Waals surface area contributed by atoms with Gasteiger partial charge in [0.1, 0.15) is 12.1 Å². The third kappa shape index (κ3) is 4.68. The van der Waals surface area contributed by atoms with Crippen molar-refractivity contribution in [2.75, 3.05) is 13.1 Å². The van der Waals surface area contributed by atoms with Gasteiger partial charge in [0.05, 0.1) is 0 Å². The van der Waals surface area contributed by atoms with Crippen molar-refractivity contribution < 1.29 is 19.2 Å². The second kappa shape index (κ2) is 8.86. The molecule has 0 bridgehead atoms. The van der Waals surface area contributed by atoms with Crippen molar-refractivity contribution >= 4 is 23.9 Å². The Morgan fingerprint density at radius 3 is 2.39 bits per heavy atom. The summed E-state index contributed by atoms with van der Waals surface area (Å²) >= 11 is 0. The number of benzene rings is 1. The molecule has 1 saturated heterocycles. The van der Waals surface area contributed by atoms with E-state index in [0.717, 1.165) is 23.3 Å². The fourth-order valence-corrected chi connectivity index (χ4v) is 2.97. The standard InChI is InChI=1S/C20H28N4O4/c1-5-6-11-21-18(27)22-16(25)12-24-17(26)20(4,23-19(24)28)15-9-7-14(8-10-15)13(2)3/h7-10,13H,5-6,11-12H2,1-4H3,(H,23,28)(H2,21,22,25,27)/t20-/m1/s1. The monoisotopic (exact) mass is 388 g/mol. The molecule has 1 fully saturated rings. The number of imide groups is 2. The zero-order valence-corrected chi connectivity index (χ0v) is 16.8. The summed E-state index contributed by atoms with van der Waals surface area (Å²) < 4.78 is 0. The van der Waals surface area contributed by atoms with E-state index in [-0.39, 0.29) is 0 Å². The number of amides is 6. The Morgan fingerprint density at radius 1 is 1.18 bits per heavy atom. The van der Waals surface area contributed by atoms with E-state index in [0.29, 0.717) is 18.0 Å². The molecule has 1 aromatic rings. The number of urea groups is 2. The first-order valence-corrected chi connectivity index (χ1v) is 9.51. The smallest absolute Gasteiger partial charge is 0.325 e. The van der Waals surface area contributed by atoms with Crippen LogP contribution >= 0.6 is 0 Å². The van der Waals surface area contributed by atoms with E-state index < -0.39 is 36.0 Å². The van der Waals surface area contributed by atoms with Gasteiger partial charge in [0, 0.05) is 6.54 Å². The summed E-state index contributed by atoms with van der Waals surface area (Å²) in [6.45, 7) is 7.65. The first-order chi connectivity index (χ1) is 13.2. The van der Waals surface area contributed by atoms with Gasteiger partial charge in [-0.1, -0.05) is 51.5 Å². The highest BCUT2D eigenvalue weighted by atomic mass is 16.2. The maximum Gasteiger partial charge on any atom is 0.325 e. The van der Waals surface area contributed by atoms with Crippen molar-refractivity contribution in [2.24, 2.45) is 0 Å². The van der Waals surface area contributed by atoms with Crippen LogP contribution in [0.5, 0.6) is 0 Å². The number of unbranched alkanes of at least 4 members (excludes halogenated alkanes) is 1. The average molecular weight is 388 g/mol. The molecule has 0 unspecified atom stereocenters. The van der Waals surface area contributed by atoms with E-state index in [1.54, 1.807) is 19.1 Å². The van der Waals surface area contributed by atoms with Crippen molar-refractivity contribution in [2.45, 2.75) is 52.0 Å². The molecular formula is C20H28N4O4. The number of nitrogens with one attached hydrogen (secondary N) is 3. The lowest BCUT2D eigenvalue weighted by Gasteiger charge is -2.22. The van der Waals surface area contributed by atoms with Crippen molar-refractivity contribution in [3.8, 4) is 0 Å². The lowest BCUT2D eigenvalue weighted by Crippen LogP contribution is -2.47. The van der Waals surface area contributed by atoms with Crippen LogP contribution < -0.4 is 16.0 Å². The average Bonchev–Trinajstić information content (AvgIpc) is 2.86. The van der Waals surface area contributed by atoms with E-state index in [9.17, 15) is 19.2 Å². The van der Waals surface area contributed by atoms with E-state index in [2.05, 4.69) is 29.8 Å². The third-order valence-electron chi connectivity index (χ3n) is 4.80. The Kier molecular flexibility index (Phi) is 6.77. The van der Waals surface area contributed by atoms with Crippen LogP contribution in [0.1, 0.15) is 57.6 Å². The molecular weight excluding hydrogens is 360 g/mol. The third-order valence-corrected chi connectivity index (χ3v) is 4.80. The molecule has 1 aliphatic heterocycles. The van der Waals surface area contributed by atoms with Gasteiger partial charge < -0.3 is 10.6 Å². The van der Waals surface area contributed by atoms with Crippen LogP contribution in [0.3, 0.4) is 0 Å². The zero-order valence-electron chi connectivity index (χ0n) is 16.8. The Balaban J connectivity index is 2.04. The molecule has 8 nitrogen and oxygen atoms in total. The van der Waals surface area contributed by atoms with Crippen LogP contribution in [-0.2, 0) is 15.1 Å². The second-order valence-electron chi connectivity index (χ2n) is 7.38. The van der Waals surface area contributed by atoms with E-state index >= 15 is 0 Å². The number of nitrogens with zero attached hydrogens (tertiary/aromatic N) is 1. The SMILES string of the molecule is CCCCNC(=O)NC(=O)CN1C(=O)N[C@](C)(c2ccc(C(C)C)cc2)C1=O. The van der Waals surface area contributed by atoms with Crippen LogP contribution in [0.2, 0.25) is 0 Å². The minimum absolute atomic E-state index is 0.347. The van der Waals surface area contributed by atoms with Gasteiger partial charge >= 0.3 is 12.1 Å². The summed E-state index contributed by atoms with van der Waals surface area (Å²) in [6.07, 6.45) is 1.70. The van der Waals surface area contributed by atoms with Crippen LogP contribution in [0.25, 0.3) is 0 Å². The van der Waals surface area contributed by atoms with E-state index in [1.165, 1.54) is 0 Å². The molecule has 1 atom stereocenters. The molecule has 8 heteroatoms. The molecule has 1 heterocycles. The molecule has 0 spiro atoms. The summed E-state index contributed by atoms with van der Waals surface area (Å²) in [6, 6.07) is 6.14. The topological polar surface area (TPSA) is 108 Å². The number of hydrogen-bond acceptors (Lipinski definition) is 4. The predicted octanol–water partition coefficient (Wildman–Crippen LogP) is 2.20. The Bertz CT molecular complexity index is 760. The van der Waals surface area contributed by atoms with Gasteiger partial charge in [0.2, 0.25) is 5.91 Å². The molecule has 2 rings (SSSR count). The lowest BCUT2D eigenvalue weighted by molar-refractivity contribution is -0.134. The minimum atomic E-state index is -1.25. The Morgan fingerprint density at radius 2 is 1.82 bits per heavy atom. The second-order valence-corrected chi connectivity index (χ2v) is 7.38. The summed E-state index contributed by atoms with van der Waals surface area (Å²) in [7, 11) is 0. The highest BCUT2D eigenvalue weighted by Gasteiger charge is 2.49. The molecule has 0 radical (unpaired) electrons. The van der Waals surface area contributed by atoms with E-state index in [4.69, 9.17) is 0 Å². The number of carbonyl (C=O) groups excluding carboxylic acids is 4. The Labute approximate surface area is 165 Å². The van der Waals surface area contributed by atoms with Gasteiger partial charge in [-0.15, -0.1) is 0 Å². The molecule has 1 aliphatic rings. The quantitative estimate of drug-likeness (QED) is 0.492. The molecule has 6 amide bonds. The summed E-state index contributed by atoms with van der Waals surface area (Å²) in [5.41, 5.74) is 0.501. The molecule has 0 saturated carbocycles. The first-order valence-electron chi connectivity index (χ1n) is 9.51. The fourth-order valence-electron chi connectivity index (χ4n) is 2.97. The minimum Gasteiger partial charge on any atom is -0.338 e. The molecule has 0 aromatic heterocycles. The van der Waals surface area contributed by atoms with Crippen LogP contribution in [0.15, 0.2) is 24.3 Å². The number of hydrogen-bond donors (Lipinski definition) is 3. The fraction of sp³-hybridized carbons (Fsp3) is 0.500. The van der Waals surface area contributed by atoms with Crippen molar-refractivity contribution in [1.29, 1.82) is 0 Å². The van der Waals surface area contributed by atoms with Crippen LogP contribution in [0.4, 0.5) is 9.59 Å². The molecule has 3 N–H and O–H groups in total. The van der Waals surface area contributed by atoms with E-state index in [1.807, 2.05) is 19.1 Å². The van der Waals surface area contributed by atoms with Crippen molar-refractivity contribution in [1.82, 2.24) is 20.9 Å². The van der Waals surface area contributed by atoms with Gasteiger partial charge in [-0.3, -0.25) is 19.8 Å². The first kappa shape index (κ1) is 21.4. The van der Waals surface area contributed by atoms with Gasteiger partial charge in [0.15, 0.2) is 0 Å². The Hall–Kier alpha value is -2.90. The highest BCUT2D eigenvalue weighted by molar-refractivity contribution is 6.10. The van der Waals surface area contributed by atoms with Gasteiger partial charge in [-0.05, 0) is 30.4 Å². The lowest BCUT2D eigenvalue weighted by atomic mass is 9.90. The molecule has 0 aliphatic carbocycles. The molecule has 152 valence electrons. The normalized spacial score (nSPS) is 19.0. The predicted molar refractivity (Wildman–Crippen MR) is 105 cm³/mol. The van der Waals surface area contributed by atoms with Gasteiger partial charge in [0.25, 0.3) is 5.91 Å². The van der Waals surface area contributed by atoms with Crippen LogP contribution in [-0.4, -0.2) is 41.9 Å². The summed E-state index contributed by atoms with van der Waals surface area (Å²) in [4.78, 5) is 49.7. The maximum absolute atomic E-state index is 12.9. The van der Waals surface area contributed by atoms with Gasteiger partial charge in [-0.2, -0.15) is 0 Å². The summed E-state index contributed by atoms with van der Waals surface area (Å²) in [5, 5.41) is 7.33. The zero-order chi connectivity index (χ0) is 20.9. The number of carbonyl (C=O) groups is 4. The molecule has 28 heavy (non-hydrogen) atoms. The highest BCUT2D eigenvalue weighted by Crippen LogP contribution is 2.29. The maximum atomic E-state index is 12.9.